The minimum atomic E-state index is 1.10. The quantitative estimate of drug-likeness (QED) is 0.166. The molecule has 3 heteroatoms. The molecule has 0 atom stereocenters. The summed E-state index contributed by atoms with van der Waals surface area (Å²) < 4.78 is 5.06. The molecule has 0 aliphatic rings. The van der Waals surface area contributed by atoms with Crippen molar-refractivity contribution in [1.82, 2.24) is 4.57 Å². The summed E-state index contributed by atoms with van der Waals surface area (Å²) in [5.74, 6) is 0. The molecular weight excluding hydrogens is 685 g/mol. The molecule has 2 heterocycles. The van der Waals surface area contributed by atoms with Crippen LogP contribution in [0, 0.1) is 0 Å². The predicted molar refractivity (Wildman–Crippen MR) is 237 cm³/mol. The number of hydrogen-bond acceptors (Lipinski definition) is 2. The first-order chi connectivity index (χ1) is 27.3. The molecule has 0 aliphatic heterocycles. The zero-order valence-electron chi connectivity index (χ0n) is 29.9. The third-order valence-corrected chi connectivity index (χ3v) is 12.2. The van der Waals surface area contributed by atoms with Gasteiger partial charge >= 0.3 is 0 Å². The number of hydrogen-bond donors (Lipinski definition) is 0. The van der Waals surface area contributed by atoms with Crippen LogP contribution in [0.25, 0.3) is 80.7 Å². The molecule has 0 amide bonds. The Kier molecular flexibility index (Phi) is 7.39. The van der Waals surface area contributed by atoms with E-state index in [9.17, 15) is 0 Å². The zero-order valence-corrected chi connectivity index (χ0v) is 30.7. The van der Waals surface area contributed by atoms with Gasteiger partial charge in [-0.25, -0.2) is 0 Å². The van der Waals surface area contributed by atoms with Gasteiger partial charge in [-0.05, 0) is 82.1 Å². The van der Waals surface area contributed by atoms with Gasteiger partial charge in [0, 0.05) is 47.9 Å². The summed E-state index contributed by atoms with van der Waals surface area (Å²) >= 11 is 1.89. The molecule has 2 aromatic heterocycles. The standard InChI is InChI=1S/C52H34N2S/c1-3-14-36(15-4-1)41-19-9-11-22-46(41)54(49-25-13-24-48-51(49)45-21-10-12-23-47(45)53(48)39-17-5-2-6-18-39)40-30-26-35(27-31-40)38-29-32-43-44-33-28-37-16-7-8-20-42(37)52(44)55-50(43)34-38/h1-34H. The third-order valence-electron chi connectivity index (χ3n) is 11.0. The van der Waals surface area contributed by atoms with E-state index in [-0.39, 0.29) is 0 Å². The summed E-state index contributed by atoms with van der Waals surface area (Å²) in [7, 11) is 0. The van der Waals surface area contributed by atoms with E-state index in [0.717, 1.165) is 22.7 Å². The number of nitrogens with zero attached hydrogens (tertiary/aromatic N) is 2. The van der Waals surface area contributed by atoms with Crippen LogP contribution in [0.2, 0.25) is 0 Å². The Labute approximate surface area is 323 Å². The van der Waals surface area contributed by atoms with Gasteiger partial charge in [-0.3, -0.25) is 0 Å². The maximum Gasteiger partial charge on any atom is 0.0562 e. The molecule has 258 valence electrons. The Morgan fingerprint density at radius 3 is 1.91 bits per heavy atom. The molecule has 2 nitrogen and oxygen atoms in total. The number of rotatable bonds is 6. The molecule has 0 fully saturated rings. The molecular formula is C52H34N2S. The second-order valence-electron chi connectivity index (χ2n) is 14.1. The van der Waals surface area contributed by atoms with Gasteiger partial charge in [0.25, 0.3) is 0 Å². The minimum absolute atomic E-state index is 1.10. The largest absolute Gasteiger partial charge is 0.309 e. The van der Waals surface area contributed by atoms with Crippen LogP contribution in [0.1, 0.15) is 0 Å². The molecule has 0 N–H and O–H groups in total. The molecule has 11 rings (SSSR count). The van der Waals surface area contributed by atoms with E-state index >= 15 is 0 Å². The van der Waals surface area contributed by atoms with Gasteiger partial charge in [-0.1, -0.05) is 152 Å². The van der Waals surface area contributed by atoms with Crippen LogP contribution in [0.15, 0.2) is 206 Å². The highest BCUT2D eigenvalue weighted by atomic mass is 32.1. The minimum Gasteiger partial charge on any atom is -0.309 e. The molecule has 0 radical (unpaired) electrons. The molecule has 0 unspecified atom stereocenters. The SMILES string of the molecule is c1ccc(-c2ccccc2N(c2ccc(-c3ccc4c(c3)sc3c5ccccc5ccc43)cc2)c2cccc3c2c2ccccc2n3-c2ccccc2)cc1. The fraction of sp³-hybridized carbons (Fsp3) is 0. The molecule has 9 aromatic carbocycles. The number of fused-ring (bicyclic) bond motifs is 8. The van der Waals surface area contributed by atoms with Crippen molar-refractivity contribution < 1.29 is 0 Å². The lowest BCUT2D eigenvalue weighted by atomic mass is 9.99. The van der Waals surface area contributed by atoms with Gasteiger partial charge in [-0.2, -0.15) is 0 Å². The van der Waals surface area contributed by atoms with E-state index in [2.05, 4.69) is 216 Å². The first-order valence-corrected chi connectivity index (χ1v) is 19.6. The lowest BCUT2D eigenvalue weighted by Gasteiger charge is -2.29. The van der Waals surface area contributed by atoms with Gasteiger partial charge in [0.15, 0.2) is 0 Å². The number of aromatic nitrogens is 1. The lowest BCUT2D eigenvalue weighted by molar-refractivity contribution is 1.18. The fourth-order valence-corrected chi connectivity index (χ4v) is 9.74. The van der Waals surface area contributed by atoms with Crippen LogP contribution >= 0.6 is 11.3 Å². The molecule has 0 bridgehead atoms. The van der Waals surface area contributed by atoms with Crippen molar-refractivity contribution in [1.29, 1.82) is 0 Å². The second kappa shape index (κ2) is 12.9. The first kappa shape index (κ1) is 31.6. The highest BCUT2D eigenvalue weighted by Crippen LogP contribution is 2.47. The van der Waals surface area contributed by atoms with Gasteiger partial charge in [0.1, 0.15) is 0 Å². The van der Waals surface area contributed by atoms with Crippen molar-refractivity contribution in [2.24, 2.45) is 0 Å². The van der Waals surface area contributed by atoms with E-state index in [1.807, 2.05) is 11.3 Å². The molecule has 0 saturated heterocycles. The van der Waals surface area contributed by atoms with Crippen LogP contribution in [-0.2, 0) is 0 Å². The number of benzene rings is 9. The maximum absolute atomic E-state index is 2.45. The van der Waals surface area contributed by atoms with Crippen molar-refractivity contribution >= 4 is 81.1 Å². The van der Waals surface area contributed by atoms with Crippen LogP contribution < -0.4 is 4.90 Å². The highest BCUT2D eigenvalue weighted by Gasteiger charge is 2.23. The Balaban J connectivity index is 1.10. The Hall–Kier alpha value is -6.94. The summed E-state index contributed by atoms with van der Waals surface area (Å²) in [5, 5.41) is 7.70. The van der Waals surface area contributed by atoms with E-state index in [4.69, 9.17) is 0 Å². The third kappa shape index (κ3) is 5.16. The van der Waals surface area contributed by atoms with Gasteiger partial charge in [0.2, 0.25) is 0 Å². The Bertz CT molecular complexity index is 3190. The van der Waals surface area contributed by atoms with E-state index in [1.165, 1.54) is 75.0 Å². The van der Waals surface area contributed by atoms with Crippen LogP contribution in [-0.4, -0.2) is 4.57 Å². The smallest absolute Gasteiger partial charge is 0.0562 e. The van der Waals surface area contributed by atoms with Crippen molar-refractivity contribution in [3.05, 3.63) is 206 Å². The summed E-state index contributed by atoms with van der Waals surface area (Å²) in [6.07, 6.45) is 0. The highest BCUT2D eigenvalue weighted by molar-refractivity contribution is 7.26. The average molecular weight is 719 g/mol. The summed E-state index contributed by atoms with van der Waals surface area (Å²) in [4.78, 5) is 2.45. The average Bonchev–Trinajstić information content (AvgIpc) is 3.81. The first-order valence-electron chi connectivity index (χ1n) is 18.8. The van der Waals surface area contributed by atoms with Crippen molar-refractivity contribution in [3.63, 3.8) is 0 Å². The Morgan fingerprint density at radius 2 is 1.05 bits per heavy atom. The summed E-state index contributed by atoms with van der Waals surface area (Å²) in [5.41, 5.74) is 11.7. The van der Waals surface area contributed by atoms with E-state index in [1.54, 1.807) is 0 Å². The monoisotopic (exact) mass is 718 g/mol. The lowest BCUT2D eigenvalue weighted by Crippen LogP contribution is -2.11. The zero-order chi connectivity index (χ0) is 36.3. The number of thiophene rings is 1. The fourth-order valence-electron chi connectivity index (χ4n) is 8.47. The summed E-state index contributed by atoms with van der Waals surface area (Å²) in [6.45, 7) is 0. The maximum atomic E-state index is 2.45. The van der Waals surface area contributed by atoms with Crippen LogP contribution in [0.3, 0.4) is 0 Å². The molecule has 0 aliphatic carbocycles. The molecule has 55 heavy (non-hydrogen) atoms. The molecule has 11 aromatic rings. The van der Waals surface area contributed by atoms with Gasteiger partial charge in [0.05, 0.1) is 22.4 Å². The molecule has 0 spiro atoms. The molecule has 0 saturated carbocycles. The number of para-hydroxylation sites is 3. The second-order valence-corrected chi connectivity index (χ2v) is 15.2. The Morgan fingerprint density at radius 1 is 0.400 bits per heavy atom. The van der Waals surface area contributed by atoms with Crippen LogP contribution in [0.5, 0.6) is 0 Å². The van der Waals surface area contributed by atoms with E-state index < -0.39 is 0 Å². The van der Waals surface area contributed by atoms with Crippen molar-refractivity contribution in [2.45, 2.75) is 0 Å². The van der Waals surface area contributed by atoms with Gasteiger partial charge in [-0.15, -0.1) is 11.3 Å². The summed E-state index contributed by atoms with van der Waals surface area (Å²) in [6, 6.07) is 75.1. The predicted octanol–water partition coefficient (Wildman–Crippen LogP) is 15.1. The normalized spacial score (nSPS) is 11.6. The topological polar surface area (TPSA) is 8.17 Å². The van der Waals surface area contributed by atoms with Crippen molar-refractivity contribution in [3.8, 4) is 27.9 Å². The van der Waals surface area contributed by atoms with Gasteiger partial charge < -0.3 is 9.47 Å². The number of anilines is 3. The van der Waals surface area contributed by atoms with Crippen LogP contribution in [0.4, 0.5) is 17.1 Å². The van der Waals surface area contributed by atoms with Crippen molar-refractivity contribution in [2.75, 3.05) is 4.90 Å². The van der Waals surface area contributed by atoms with E-state index in [0.29, 0.717) is 0 Å².